The van der Waals surface area contributed by atoms with Crippen LogP contribution in [0.3, 0.4) is 0 Å². The van der Waals surface area contributed by atoms with Crippen molar-refractivity contribution in [2.24, 2.45) is 17.4 Å². The van der Waals surface area contributed by atoms with E-state index in [4.69, 9.17) is 49.4 Å². The van der Waals surface area contributed by atoms with E-state index in [0.29, 0.717) is 183 Å². The molecule has 5 amide bonds. The van der Waals surface area contributed by atoms with E-state index in [1.807, 2.05) is 0 Å². The van der Waals surface area contributed by atoms with Gasteiger partial charge in [-0.1, -0.05) is 6.42 Å². The molecule has 0 aromatic heterocycles. The molecule has 0 spiro atoms. The molecular weight excluding hydrogens is 917 g/mol. The van der Waals surface area contributed by atoms with E-state index >= 15 is 0 Å². The van der Waals surface area contributed by atoms with Crippen LogP contribution in [0.4, 0.5) is 0 Å². The fourth-order valence-electron chi connectivity index (χ4n) is 6.41. The Balaban J connectivity index is 3.44. The van der Waals surface area contributed by atoms with Crippen molar-refractivity contribution in [2.75, 3.05) is 132 Å². The van der Waals surface area contributed by atoms with Crippen LogP contribution < -0.4 is 32.7 Å². The summed E-state index contributed by atoms with van der Waals surface area (Å²) in [5, 5.41) is 11.3. The third-order valence-electron chi connectivity index (χ3n) is 10.3. The Labute approximate surface area is 415 Å². The van der Waals surface area contributed by atoms with Crippen molar-refractivity contribution in [3.05, 3.63) is 0 Å². The number of ketones is 3. The van der Waals surface area contributed by atoms with Crippen LogP contribution in [0.2, 0.25) is 0 Å². The van der Waals surface area contributed by atoms with E-state index in [0.717, 1.165) is 12.8 Å². The summed E-state index contributed by atoms with van der Waals surface area (Å²) in [6.45, 7) is 10.4. The lowest BCUT2D eigenvalue weighted by Crippen LogP contribution is -2.43. The summed E-state index contributed by atoms with van der Waals surface area (Å²) in [7, 11) is 0. The van der Waals surface area contributed by atoms with Crippen molar-refractivity contribution >= 4 is 46.9 Å². The lowest BCUT2D eigenvalue weighted by Gasteiger charge is -2.14. The fourth-order valence-corrected chi connectivity index (χ4v) is 6.41. The Morgan fingerprint density at radius 3 is 1.26 bits per heavy atom. The molecule has 22 heteroatoms. The van der Waals surface area contributed by atoms with Gasteiger partial charge in [0.15, 0.2) is 0 Å². The Morgan fingerprint density at radius 1 is 0.371 bits per heavy atom. The SMILES string of the molecule is CC(=O)CCC[C@@H](CCCCNC(=O)CCOCCOCCOCCOCCCC(=O)CCCC(=O)NCCOCCOCCOCCOCCC(=O)NCCCC[C@H](NCC(C)=O)C(N)=O)C(N)=O. The minimum atomic E-state index is -0.565. The number of amides is 5. The lowest BCUT2D eigenvalue weighted by molar-refractivity contribution is -0.123. The largest absolute Gasteiger partial charge is 0.379 e. The molecule has 406 valence electrons. The van der Waals surface area contributed by atoms with E-state index in [9.17, 15) is 38.4 Å². The molecule has 22 nitrogen and oxygen atoms in total. The van der Waals surface area contributed by atoms with Crippen molar-refractivity contribution in [3.8, 4) is 0 Å². The van der Waals surface area contributed by atoms with Gasteiger partial charge in [0, 0.05) is 70.7 Å². The maximum absolute atomic E-state index is 12.2. The topological polar surface area (TPSA) is 311 Å². The number of carbonyl (C=O) groups excluding carboxylic acids is 8. The summed E-state index contributed by atoms with van der Waals surface area (Å²) in [6.07, 6.45) is 8.28. The first kappa shape index (κ1) is 66.0. The number of nitrogens with two attached hydrogens (primary N) is 2. The van der Waals surface area contributed by atoms with Crippen LogP contribution >= 0.6 is 0 Å². The van der Waals surface area contributed by atoms with Gasteiger partial charge in [-0.3, -0.25) is 38.9 Å². The number of carbonyl (C=O) groups is 8. The lowest BCUT2D eigenvalue weighted by atomic mass is 9.94. The number of hydrogen-bond acceptors (Lipinski definition) is 17. The van der Waals surface area contributed by atoms with Gasteiger partial charge >= 0.3 is 0 Å². The highest BCUT2D eigenvalue weighted by molar-refractivity contribution is 5.82. The number of rotatable bonds is 54. The van der Waals surface area contributed by atoms with Gasteiger partial charge in [-0.15, -0.1) is 0 Å². The second kappa shape index (κ2) is 48.6. The van der Waals surface area contributed by atoms with Gasteiger partial charge in [0.25, 0.3) is 0 Å². The van der Waals surface area contributed by atoms with Gasteiger partial charge in [0.05, 0.1) is 112 Å². The molecule has 0 unspecified atom stereocenters. The maximum atomic E-state index is 12.2. The first-order valence-electron chi connectivity index (χ1n) is 25.1. The first-order valence-corrected chi connectivity index (χ1v) is 25.1. The zero-order valence-electron chi connectivity index (χ0n) is 42.3. The van der Waals surface area contributed by atoms with Crippen molar-refractivity contribution < 1.29 is 76.3 Å². The standard InChI is InChI=1S/C48H88N6O16/c1-39(55)10-7-12-41(47(49)61)11-3-5-19-51-45(59)17-23-64-27-31-68-35-34-67-30-26-63-22-9-14-42(57)13-8-16-44(58)53-21-25-66-29-33-70-37-36-69-32-28-65-24-18-46(60)52-20-6-4-15-43(48(50)62)54-38-40(2)56/h41,43,54H,3-38H2,1-2H3,(H2,49,61)(H2,50,62)(H,51,59)(H,52,60)(H,53,58)/t41-,43+/m1/s1. The minimum absolute atomic E-state index is 0.0743. The first-order chi connectivity index (χ1) is 33.8. The zero-order valence-corrected chi connectivity index (χ0v) is 42.3. The molecule has 0 aliphatic heterocycles. The third-order valence-corrected chi connectivity index (χ3v) is 10.3. The molecule has 0 aliphatic carbocycles. The molecule has 0 aromatic carbocycles. The number of unbranched alkanes of at least 4 members (excludes halogenated alkanes) is 2. The van der Waals surface area contributed by atoms with E-state index < -0.39 is 11.9 Å². The summed E-state index contributed by atoms with van der Waals surface area (Å²) >= 11 is 0. The molecule has 0 saturated carbocycles. The van der Waals surface area contributed by atoms with E-state index in [-0.39, 0.29) is 85.9 Å². The van der Waals surface area contributed by atoms with Crippen molar-refractivity contribution in [2.45, 2.75) is 123 Å². The summed E-state index contributed by atoms with van der Waals surface area (Å²) in [5.41, 5.74) is 10.8. The minimum Gasteiger partial charge on any atom is -0.379 e. The van der Waals surface area contributed by atoms with Gasteiger partial charge in [-0.25, -0.2) is 0 Å². The van der Waals surface area contributed by atoms with E-state index in [1.54, 1.807) is 0 Å². The van der Waals surface area contributed by atoms with Gasteiger partial charge in [0.2, 0.25) is 29.5 Å². The molecule has 70 heavy (non-hydrogen) atoms. The number of primary amides is 2. The van der Waals surface area contributed by atoms with Gasteiger partial charge in [-0.2, -0.15) is 0 Å². The average molecular weight is 1010 g/mol. The smallest absolute Gasteiger partial charge is 0.234 e. The van der Waals surface area contributed by atoms with Gasteiger partial charge < -0.3 is 70.1 Å². The Hall–Kier alpha value is -4.00. The molecule has 0 bridgehead atoms. The summed E-state index contributed by atoms with van der Waals surface area (Å²) < 4.78 is 43.8. The number of hydrogen-bond donors (Lipinski definition) is 6. The monoisotopic (exact) mass is 1000 g/mol. The van der Waals surface area contributed by atoms with Crippen LogP contribution in [0.25, 0.3) is 0 Å². The number of nitrogens with one attached hydrogen (secondary N) is 4. The number of Topliss-reactive ketones (excluding diaryl/α,β-unsaturated/α-hetero) is 3. The van der Waals surface area contributed by atoms with Crippen LogP contribution in [-0.2, 0) is 76.3 Å². The zero-order chi connectivity index (χ0) is 51.7. The Bertz CT molecular complexity index is 1410. The molecule has 0 aromatic rings. The van der Waals surface area contributed by atoms with Crippen LogP contribution in [0.15, 0.2) is 0 Å². The van der Waals surface area contributed by atoms with Gasteiger partial charge in [-0.05, 0) is 71.6 Å². The second-order valence-electron chi connectivity index (χ2n) is 16.7. The molecule has 0 fully saturated rings. The van der Waals surface area contributed by atoms with Crippen LogP contribution in [0.1, 0.15) is 117 Å². The van der Waals surface area contributed by atoms with Crippen molar-refractivity contribution in [1.29, 1.82) is 0 Å². The summed E-state index contributed by atoms with van der Waals surface area (Å²) in [5.74, 6) is -1.32. The van der Waals surface area contributed by atoms with E-state index in [1.165, 1.54) is 13.8 Å². The Kier molecular flexibility index (Phi) is 45.8. The van der Waals surface area contributed by atoms with Crippen molar-refractivity contribution in [1.82, 2.24) is 21.3 Å². The maximum Gasteiger partial charge on any atom is 0.234 e. The highest BCUT2D eigenvalue weighted by atomic mass is 16.6. The molecule has 0 rings (SSSR count). The average Bonchev–Trinajstić information content (AvgIpc) is 3.31. The van der Waals surface area contributed by atoms with Crippen molar-refractivity contribution in [3.63, 3.8) is 0 Å². The predicted octanol–water partition coefficient (Wildman–Crippen LogP) is 1.00. The molecule has 0 heterocycles. The summed E-state index contributed by atoms with van der Waals surface area (Å²) in [4.78, 5) is 93.4. The highest BCUT2D eigenvalue weighted by Gasteiger charge is 2.16. The normalized spacial score (nSPS) is 12.0. The Morgan fingerprint density at radius 2 is 0.786 bits per heavy atom. The third kappa shape index (κ3) is 47.7. The summed E-state index contributed by atoms with van der Waals surface area (Å²) in [6, 6.07) is -0.565. The second-order valence-corrected chi connectivity index (χ2v) is 16.7. The molecule has 0 radical (unpaired) electrons. The molecule has 0 saturated heterocycles. The molecule has 0 aliphatic rings. The van der Waals surface area contributed by atoms with Crippen LogP contribution in [-0.4, -0.2) is 185 Å². The van der Waals surface area contributed by atoms with Crippen LogP contribution in [0, 0.1) is 5.92 Å². The van der Waals surface area contributed by atoms with Gasteiger partial charge in [0.1, 0.15) is 17.3 Å². The molecular formula is C48H88N6O16. The number of ether oxygens (including phenoxy) is 8. The molecule has 2 atom stereocenters. The fraction of sp³-hybridized carbons (Fsp3) is 0.833. The molecule has 8 N–H and O–H groups in total. The quantitative estimate of drug-likeness (QED) is 0.0463. The highest BCUT2D eigenvalue weighted by Crippen LogP contribution is 2.16. The van der Waals surface area contributed by atoms with Crippen LogP contribution in [0.5, 0.6) is 0 Å². The predicted molar refractivity (Wildman–Crippen MR) is 259 cm³/mol. The van der Waals surface area contributed by atoms with E-state index in [2.05, 4.69) is 21.3 Å².